The molecule has 2 aliphatic carbocycles. The SMILES string of the molecule is CC12Cc3[nH]nc(-c4cc5cc(C(=O)O)ccc5[nH]4)c3CC1C2(F)F. The van der Waals surface area contributed by atoms with E-state index in [0.29, 0.717) is 24.2 Å². The molecule has 7 heteroatoms. The van der Waals surface area contributed by atoms with Crippen molar-refractivity contribution in [2.45, 2.75) is 25.7 Å². The normalized spacial score (nSPS) is 26.3. The van der Waals surface area contributed by atoms with E-state index in [4.69, 9.17) is 5.11 Å². The molecule has 1 aromatic carbocycles. The lowest BCUT2D eigenvalue weighted by molar-refractivity contribution is 0.0630. The Morgan fingerprint density at radius 3 is 2.92 bits per heavy atom. The number of hydrogen-bond acceptors (Lipinski definition) is 2. The molecule has 3 aromatic rings. The van der Waals surface area contributed by atoms with Crippen molar-refractivity contribution in [1.82, 2.24) is 15.2 Å². The van der Waals surface area contributed by atoms with E-state index in [9.17, 15) is 13.6 Å². The number of fused-ring (bicyclic) bond motifs is 3. The fourth-order valence-electron chi connectivity index (χ4n) is 4.22. The third-order valence-corrected chi connectivity index (χ3v) is 5.91. The highest BCUT2D eigenvalue weighted by molar-refractivity contribution is 5.95. The molecule has 0 aliphatic heterocycles. The quantitative estimate of drug-likeness (QED) is 0.665. The molecule has 25 heavy (non-hydrogen) atoms. The second kappa shape index (κ2) is 4.28. The molecule has 2 atom stereocenters. The molecule has 5 nitrogen and oxygen atoms in total. The average Bonchev–Trinajstić information content (AvgIpc) is 2.98. The van der Waals surface area contributed by atoms with Crippen LogP contribution in [0.5, 0.6) is 0 Å². The van der Waals surface area contributed by atoms with Crippen molar-refractivity contribution in [1.29, 1.82) is 0 Å². The van der Waals surface area contributed by atoms with E-state index < -0.39 is 23.2 Å². The number of nitrogens with one attached hydrogen (secondary N) is 2. The van der Waals surface area contributed by atoms with E-state index in [1.54, 1.807) is 19.1 Å². The van der Waals surface area contributed by atoms with Gasteiger partial charge in [0.2, 0.25) is 0 Å². The van der Waals surface area contributed by atoms with Crippen molar-refractivity contribution < 1.29 is 18.7 Å². The topological polar surface area (TPSA) is 81.8 Å². The lowest BCUT2D eigenvalue weighted by Crippen LogP contribution is -2.14. The molecule has 2 unspecified atom stereocenters. The monoisotopic (exact) mass is 343 g/mol. The molecule has 1 fully saturated rings. The van der Waals surface area contributed by atoms with Crippen molar-refractivity contribution in [3.8, 4) is 11.4 Å². The van der Waals surface area contributed by atoms with Crippen LogP contribution in [0.15, 0.2) is 24.3 Å². The Bertz CT molecular complexity index is 1050. The van der Waals surface area contributed by atoms with Gasteiger partial charge >= 0.3 is 5.97 Å². The molecule has 2 heterocycles. The first-order chi connectivity index (χ1) is 11.8. The molecule has 0 amide bonds. The lowest BCUT2D eigenvalue weighted by Gasteiger charge is -2.15. The van der Waals surface area contributed by atoms with Crippen molar-refractivity contribution in [2.75, 3.05) is 0 Å². The average molecular weight is 343 g/mol. The first-order valence-electron chi connectivity index (χ1n) is 8.11. The molecule has 5 rings (SSSR count). The Labute approximate surface area is 141 Å². The van der Waals surface area contributed by atoms with Gasteiger partial charge in [0, 0.05) is 39.9 Å². The highest BCUT2D eigenvalue weighted by Crippen LogP contribution is 2.70. The van der Waals surface area contributed by atoms with Crippen LogP contribution < -0.4 is 0 Å². The molecule has 2 aromatic heterocycles. The zero-order chi connectivity index (χ0) is 17.6. The van der Waals surface area contributed by atoms with Gasteiger partial charge in [-0.15, -0.1) is 0 Å². The molecule has 0 saturated heterocycles. The maximum Gasteiger partial charge on any atom is 0.335 e. The van der Waals surface area contributed by atoms with Crippen LogP contribution in [0.4, 0.5) is 8.78 Å². The number of alkyl halides is 2. The number of aromatic carboxylic acids is 1. The minimum atomic E-state index is -2.62. The number of H-pyrrole nitrogens is 2. The summed E-state index contributed by atoms with van der Waals surface area (Å²) in [6.45, 7) is 1.64. The number of halogens is 2. The van der Waals surface area contributed by atoms with E-state index in [0.717, 1.165) is 22.2 Å². The lowest BCUT2D eigenvalue weighted by atomic mass is 9.87. The van der Waals surface area contributed by atoms with E-state index in [1.165, 1.54) is 6.07 Å². The van der Waals surface area contributed by atoms with Crippen LogP contribution in [0.2, 0.25) is 0 Å². The summed E-state index contributed by atoms with van der Waals surface area (Å²) < 4.78 is 28.1. The Hall–Kier alpha value is -2.70. The van der Waals surface area contributed by atoms with Gasteiger partial charge in [-0.05, 0) is 30.7 Å². The van der Waals surface area contributed by atoms with Gasteiger partial charge < -0.3 is 10.1 Å². The number of carboxylic acid groups (broad SMARTS) is 1. The standard InChI is InChI=1S/C18H15F2N3O2/c1-17-7-13-10(6-14(17)18(17,19)20)15(23-22-13)12-5-9-4-8(16(24)25)2-3-11(9)21-12/h2-5,14,21H,6-7H2,1H3,(H,22,23)(H,24,25). The van der Waals surface area contributed by atoms with Crippen molar-refractivity contribution in [2.24, 2.45) is 11.3 Å². The van der Waals surface area contributed by atoms with Gasteiger partial charge in [0.25, 0.3) is 5.92 Å². The summed E-state index contributed by atoms with van der Waals surface area (Å²) in [4.78, 5) is 14.3. The summed E-state index contributed by atoms with van der Waals surface area (Å²) in [5.41, 5.74) is 3.00. The van der Waals surface area contributed by atoms with Crippen LogP contribution in [-0.2, 0) is 12.8 Å². The fraction of sp³-hybridized carbons (Fsp3) is 0.333. The molecular weight excluding hydrogens is 328 g/mol. The summed E-state index contributed by atoms with van der Waals surface area (Å²) in [6, 6.07) is 6.63. The van der Waals surface area contributed by atoms with Gasteiger partial charge in [-0.1, -0.05) is 6.92 Å². The Balaban J connectivity index is 1.58. The molecular formula is C18H15F2N3O2. The Kier molecular flexibility index (Phi) is 2.50. The van der Waals surface area contributed by atoms with Crippen molar-refractivity contribution in [3.05, 3.63) is 41.1 Å². The van der Waals surface area contributed by atoms with Crippen LogP contribution in [0.25, 0.3) is 22.3 Å². The smallest absolute Gasteiger partial charge is 0.335 e. The largest absolute Gasteiger partial charge is 0.478 e. The number of rotatable bonds is 2. The maximum absolute atomic E-state index is 14.1. The zero-order valence-electron chi connectivity index (χ0n) is 13.4. The van der Waals surface area contributed by atoms with E-state index in [1.807, 2.05) is 6.07 Å². The highest BCUT2D eigenvalue weighted by atomic mass is 19.3. The fourth-order valence-corrected chi connectivity index (χ4v) is 4.22. The zero-order valence-corrected chi connectivity index (χ0v) is 13.4. The van der Waals surface area contributed by atoms with Gasteiger partial charge in [0.05, 0.1) is 11.3 Å². The van der Waals surface area contributed by atoms with Gasteiger partial charge in [0.15, 0.2) is 0 Å². The molecule has 2 aliphatic rings. The summed E-state index contributed by atoms with van der Waals surface area (Å²) in [6.07, 6.45) is 0.608. The Morgan fingerprint density at radius 1 is 1.36 bits per heavy atom. The minimum Gasteiger partial charge on any atom is -0.478 e. The van der Waals surface area contributed by atoms with E-state index >= 15 is 0 Å². The molecule has 0 radical (unpaired) electrons. The van der Waals surface area contributed by atoms with E-state index in [-0.39, 0.29) is 5.56 Å². The van der Waals surface area contributed by atoms with Crippen LogP contribution >= 0.6 is 0 Å². The molecule has 0 bridgehead atoms. The second-order valence-electron chi connectivity index (χ2n) is 7.29. The number of carboxylic acids is 1. The number of nitrogens with zero attached hydrogens (tertiary/aromatic N) is 1. The number of benzene rings is 1. The van der Waals surface area contributed by atoms with Gasteiger partial charge in [-0.25, -0.2) is 13.6 Å². The number of hydrogen-bond donors (Lipinski definition) is 3. The molecule has 128 valence electrons. The molecule has 3 N–H and O–H groups in total. The third kappa shape index (κ3) is 1.75. The summed E-state index contributed by atoms with van der Waals surface area (Å²) >= 11 is 0. The summed E-state index contributed by atoms with van der Waals surface area (Å²) in [5.74, 6) is -4.25. The molecule has 1 saturated carbocycles. The maximum atomic E-state index is 14.1. The van der Waals surface area contributed by atoms with Gasteiger partial charge in [-0.2, -0.15) is 5.10 Å². The predicted octanol–water partition coefficient (Wildman–Crippen LogP) is 3.63. The predicted molar refractivity (Wildman–Crippen MR) is 86.8 cm³/mol. The van der Waals surface area contributed by atoms with Gasteiger partial charge in [0.1, 0.15) is 5.69 Å². The van der Waals surface area contributed by atoms with Crippen LogP contribution in [-0.4, -0.2) is 32.2 Å². The summed E-state index contributed by atoms with van der Waals surface area (Å²) in [7, 11) is 0. The number of aromatic amines is 2. The minimum absolute atomic E-state index is 0.204. The Morgan fingerprint density at radius 2 is 2.16 bits per heavy atom. The highest BCUT2D eigenvalue weighted by Gasteiger charge is 2.78. The van der Waals surface area contributed by atoms with E-state index in [2.05, 4.69) is 15.2 Å². The van der Waals surface area contributed by atoms with Crippen molar-refractivity contribution >= 4 is 16.9 Å². The number of aromatic nitrogens is 3. The van der Waals surface area contributed by atoms with Crippen LogP contribution in [0.3, 0.4) is 0 Å². The van der Waals surface area contributed by atoms with Gasteiger partial charge in [-0.3, -0.25) is 5.10 Å². The first-order valence-corrected chi connectivity index (χ1v) is 8.11. The number of carbonyl (C=O) groups is 1. The van der Waals surface area contributed by atoms with Crippen molar-refractivity contribution in [3.63, 3.8) is 0 Å². The third-order valence-electron chi connectivity index (χ3n) is 5.91. The summed E-state index contributed by atoms with van der Waals surface area (Å²) in [5, 5.41) is 17.1. The molecule has 0 spiro atoms. The first kappa shape index (κ1) is 14.6. The van der Waals surface area contributed by atoms with Crippen LogP contribution in [0, 0.1) is 11.3 Å². The van der Waals surface area contributed by atoms with Crippen LogP contribution in [0.1, 0.15) is 28.5 Å². The second-order valence-corrected chi connectivity index (χ2v) is 7.29.